The second kappa shape index (κ2) is 5.62. The molecule has 0 bridgehead atoms. The molecule has 5 heteroatoms. The first-order chi connectivity index (χ1) is 13.0. The van der Waals surface area contributed by atoms with Crippen molar-refractivity contribution in [3.8, 4) is 0 Å². The molecule has 0 amide bonds. The van der Waals surface area contributed by atoms with Crippen molar-refractivity contribution in [1.82, 2.24) is 4.31 Å². The summed E-state index contributed by atoms with van der Waals surface area (Å²) in [7, 11) is -3.66. The normalized spacial score (nSPS) is 23.0. The molecule has 1 heterocycles. The maximum absolute atomic E-state index is 13.3. The minimum atomic E-state index is -3.66. The molecule has 2 aliphatic rings. The van der Waals surface area contributed by atoms with Gasteiger partial charge in [0.1, 0.15) is 0 Å². The fraction of sp³-hybridized carbons (Fsp3) is 0.136. The van der Waals surface area contributed by atoms with E-state index in [9.17, 15) is 13.2 Å². The molecular formula is C22H17NO3S. The molecule has 1 aliphatic carbocycles. The Bertz CT molecular complexity index is 1130. The van der Waals surface area contributed by atoms with E-state index in [0.717, 1.165) is 16.7 Å². The standard InChI is InChI=1S/C22H17NO3S/c1-14-10-12-15(13-11-14)27(25,26)23-20-16-6-2-4-8-18(16)22(24)19-9-5-3-7-17(19)21(20)23/h2-13,20-21H,1H3/t20-,21+,23?. The number of carbonyl (C=O) groups is 1. The van der Waals surface area contributed by atoms with E-state index >= 15 is 0 Å². The Morgan fingerprint density at radius 3 is 1.74 bits per heavy atom. The van der Waals surface area contributed by atoms with E-state index in [-0.39, 0.29) is 22.8 Å². The molecule has 1 fully saturated rings. The average molecular weight is 375 g/mol. The first-order valence-corrected chi connectivity index (χ1v) is 10.3. The number of nitrogens with zero attached hydrogens (tertiary/aromatic N) is 1. The number of fused-ring (bicyclic) bond motifs is 5. The number of sulfonamides is 1. The summed E-state index contributed by atoms with van der Waals surface area (Å²) in [6.45, 7) is 1.93. The quantitative estimate of drug-likeness (QED) is 0.636. The number of ketones is 1. The Morgan fingerprint density at radius 2 is 1.22 bits per heavy atom. The van der Waals surface area contributed by atoms with Crippen molar-refractivity contribution in [2.45, 2.75) is 23.9 Å². The molecule has 0 radical (unpaired) electrons. The van der Waals surface area contributed by atoms with Crippen molar-refractivity contribution >= 4 is 15.8 Å². The van der Waals surface area contributed by atoms with E-state index in [4.69, 9.17) is 0 Å². The molecule has 3 aromatic rings. The van der Waals surface area contributed by atoms with Crippen molar-refractivity contribution < 1.29 is 13.2 Å². The molecule has 0 N–H and O–H groups in total. The smallest absolute Gasteiger partial charge is 0.244 e. The van der Waals surface area contributed by atoms with Gasteiger partial charge >= 0.3 is 0 Å². The van der Waals surface area contributed by atoms with Gasteiger partial charge in [-0.3, -0.25) is 4.79 Å². The van der Waals surface area contributed by atoms with Gasteiger partial charge in [-0.05, 0) is 30.2 Å². The van der Waals surface area contributed by atoms with Crippen molar-refractivity contribution in [3.05, 3.63) is 101 Å². The van der Waals surface area contributed by atoms with Gasteiger partial charge in [-0.1, -0.05) is 66.2 Å². The molecule has 1 saturated heterocycles. The van der Waals surface area contributed by atoms with Gasteiger partial charge in [-0.2, -0.15) is 4.31 Å². The Labute approximate surface area is 158 Å². The van der Waals surface area contributed by atoms with Crippen LogP contribution in [0.25, 0.3) is 0 Å². The van der Waals surface area contributed by atoms with Gasteiger partial charge in [0, 0.05) is 11.1 Å². The molecule has 134 valence electrons. The molecular weight excluding hydrogens is 358 g/mol. The van der Waals surface area contributed by atoms with Gasteiger partial charge in [0.2, 0.25) is 10.0 Å². The monoisotopic (exact) mass is 375 g/mol. The van der Waals surface area contributed by atoms with Gasteiger partial charge in [0.05, 0.1) is 17.0 Å². The minimum absolute atomic E-state index is 0.0407. The van der Waals surface area contributed by atoms with Crippen molar-refractivity contribution in [1.29, 1.82) is 0 Å². The molecule has 1 aliphatic heterocycles. The first kappa shape index (κ1) is 16.4. The van der Waals surface area contributed by atoms with Crippen LogP contribution in [0.15, 0.2) is 77.7 Å². The van der Waals surface area contributed by atoms with E-state index in [1.54, 1.807) is 36.4 Å². The lowest BCUT2D eigenvalue weighted by Crippen LogP contribution is -2.16. The van der Waals surface area contributed by atoms with E-state index in [2.05, 4.69) is 0 Å². The number of carbonyl (C=O) groups excluding carboxylic acids is 1. The summed E-state index contributed by atoms with van der Waals surface area (Å²) in [6, 6.07) is 20.8. The van der Waals surface area contributed by atoms with Gasteiger partial charge in [-0.25, -0.2) is 8.42 Å². The van der Waals surface area contributed by atoms with Crippen molar-refractivity contribution in [2.24, 2.45) is 0 Å². The van der Waals surface area contributed by atoms with E-state index < -0.39 is 10.0 Å². The van der Waals surface area contributed by atoms with Crippen LogP contribution in [0.1, 0.15) is 44.7 Å². The summed E-state index contributed by atoms with van der Waals surface area (Å²) in [4.78, 5) is 13.3. The average Bonchev–Trinajstić information content (AvgIpc) is 3.44. The number of rotatable bonds is 2. The van der Waals surface area contributed by atoms with Crippen molar-refractivity contribution in [2.75, 3.05) is 0 Å². The summed E-state index contributed by atoms with van der Waals surface area (Å²) in [5.41, 5.74) is 3.73. The molecule has 3 atom stereocenters. The van der Waals surface area contributed by atoms with Crippen LogP contribution in [0.5, 0.6) is 0 Å². The lowest BCUT2D eigenvalue weighted by molar-refractivity contribution is 0.103. The largest absolute Gasteiger partial charge is 0.289 e. The Balaban J connectivity index is 1.70. The predicted molar refractivity (Wildman–Crippen MR) is 102 cm³/mol. The van der Waals surface area contributed by atoms with Crippen LogP contribution in [0.4, 0.5) is 0 Å². The number of aryl methyl sites for hydroxylation is 1. The maximum atomic E-state index is 13.3. The zero-order chi connectivity index (χ0) is 18.8. The molecule has 1 unspecified atom stereocenters. The van der Waals surface area contributed by atoms with Crippen molar-refractivity contribution in [3.63, 3.8) is 0 Å². The highest BCUT2D eigenvalue weighted by molar-refractivity contribution is 7.89. The van der Waals surface area contributed by atoms with Crippen LogP contribution in [0.3, 0.4) is 0 Å². The lowest BCUT2D eigenvalue weighted by atomic mass is 9.98. The number of benzene rings is 3. The van der Waals surface area contributed by atoms with E-state index in [1.165, 1.54) is 4.31 Å². The predicted octanol–water partition coefficient (Wildman–Crippen LogP) is 4.03. The summed E-state index contributed by atoms with van der Waals surface area (Å²) in [6.07, 6.45) is 0. The summed E-state index contributed by atoms with van der Waals surface area (Å²) < 4.78 is 28.2. The van der Waals surface area contributed by atoms with Crippen LogP contribution < -0.4 is 0 Å². The summed E-state index contributed by atoms with van der Waals surface area (Å²) in [5.74, 6) is -0.0407. The lowest BCUT2D eigenvalue weighted by Gasteiger charge is -2.12. The third kappa shape index (κ3) is 2.32. The SMILES string of the molecule is Cc1ccc(S(=O)(=O)N2[C@@H]3c4ccccc4C(=O)c4ccccc4[C@@H]32)cc1. The van der Waals surface area contributed by atoms with Crippen LogP contribution in [-0.2, 0) is 10.0 Å². The van der Waals surface area contributed by atoms with Crippen LogP contribution >= 0.6 is 0 Å². The minimum Gasteiger partial charge on any atom is -0.289 e. The number of hydrogen-bond acceptors (Lipinski definition) is 3. The Morgan fingerprint density at radius 1 is 0.741 bits per heavy atom. The Kier molecular flexibility index (Phi) is 3.41. The van der Waals surface area contributed by atoms with E-state index in [0.29, 0.717) is 11.1 Å². The highest BCUT2D eigenvalue weighted by Crippen LogP contribution is 2.60. The summed E-state index contributed by atoms with van der Waals surface area (Å²) in [5, 5.41) is 0. The second-order valence-electron chi connectivity index (χ2n) is 7.04. The molecule has 0 saturated carbocycles. The van der Waals surface area contributed by atoms with Gasteiger partial charge in [0.15, 0.2) is 5.78 Å². The zero-order valence-corrected chi connectivity index (χ0v) is 15.5. The fourth-order valence-corrected chi connectivity index (χ4v) is 5.75. The third-order valence-electron chi connectivity index (χ3n) is 5.40. The molecule has 27 heavy (non-hydrogen) atoms. The summed E-state index contributed by atoms with van der Waals surface area (Å²) >= 11 is 0. The maximum Gasteiger partial charge on any atom is 0.244 e. The van der Waals surface area contributed by atoms with Crippen LogP contribution in [-0.4, -0.2) is 18.5 Å². The van der Waals surface area contributed by atoms with Gasteiger partial charge in [0.25, 0.3) is 0 Å². The topological polar surface area (TPSA) is 54.2 Å². The second-order valence-corrected chi connectivity index (χ2v) is 8.88. The highest BCUT2D eigenvalue weighted by Gasteiger charge is 2.59. The molecule has 3 aromatic carbocycles. The molecule has 4 nitrogen and oxygen atoms in total. The van der Waals surface area contributed by atoms with Crippen LogP contribution in [0.2, 0.25) is 0 Å². The zero-order valence-electron chi connectivity index (χ0n) is 14.7. The Hall–Kier alpha value is -2.76. The first-order valence-electron chi connectivity index (χ1n) is 8.83. The van der Waals surface area contributed by atoms with E-state index in [1.807, 2.05) is 43.3 Å². The van der Waals surface area contributed by atoms with Gasteiger partial charge in [-0.15, -0.1) is 0 Å². The van der Waals surface area contributed by atoms with Crippen LogP contribution in [0, 0.1) is 6.92 Å². The fourth-order valence-electron chi connectivity index (χ4n) is 4.03. The molecule has 0 spiro atoms. The highest BCUT2D eigenvalue weighted by atomic mass is 32.2. The van der Waals surface area contributed by atoms with Gasteiger partial charge < -0.3 is 0 Å². The third-order valence-corrected chi connectivity index (χ3v) is 7.28. The number of hydrogen-bond donors (Lipinski definition) is 0. The molecule has 5 rings (SSSR count). The molecule has 0 aromatic heterocycles.